The number of benzene rings is 3. The van der Waals surface area contributed by atoms with Gasteiger partial charge in [0, 0.05) is 16.8 Å². The van der Waals surface area contributed by atoms with Crippen molar-refractivity contribution in [1.82, 2.24) is 0 Å². The minimum atomic E-state index is -0.00133. The van der Waals surface area contributed by atoms with Gasteiger partial charge in [-0.15, -0.1) is 0 Å². The summed E-state index contributed by atoms with van der Waals surface area (Å²) in [5, 5.41) is 0. The molecule has 0 aliphatic rings. The van der Waals surface area contributed by atoms with Crippen molar-refractivity contribution in [2.24, 2.45) is 0 Å². The Bertz CT molecular complexity index is 776. The molecular formula is C20H17NO. The number of nitrogen functional groups attached to an aromatic ring is 1. The highest BCUT2D eigenvalue weighted by Gasteiger charge is 2.09. The second kappa shape index (κ2) is 6.27. The first-order chi connectivity index (χ1) is 10.7. The van der Waals surface area contributed by atoms with Gasteiger partial charge in [0.2, 0.25) is 0 Å². The van der Waals surface area contributed by atoms with Gasteiger partial charge in [0.1, 0.15) is 0 Å². The Hall–Kier alpha value is -2.87. The van der Waals surface area contributed by atoms with Crippen molar-refractivity contribution in [2.45, 2.75) is 6.42 Å². The predicted octanol–water partition coefficient (Wildman–Crippen LogP) is 4.09. The summed E-state index contributed by atoms with van der Waals surface area (Å²) in [4.78, 5) is 12.4. The minimum absolute atomic E-state index is 0.00133. The Balaban J connectivity index is 1.78. The van der Waals surface area contributed by atoms with Crippen LogP contribution in [-0.4, -0.2) is 5.78 Å². The predicted molar refractivity (Wildman–Crippen MR) is 90.0 cm³/mol. The van der Waals surface area contributed by atoms with E-state index in [1.54, 1.807) is 24.3 Å². The van der Waals surface area contributed by atoms with Crippen LogP contribution in [0.3, 0.4) is 0 Å². The first-order valence-corrected chi connectivity index (χ1v) is 7.25. The van der Waals surface area contributed by atoms with Crippen molar-refractivity contribution >= 4 is 11.5 Å². The zero-order valence-corrected chi connectivity index (χ0v) is 12.2. The van der Waals surface area contributed by atoms with E-state index in [2.05, 4.69) is 12.1 Å². The number of carbonyl (C=O) groups excluding carboxylic acids is 1. The monoisotopic (exact) mass is 287 g/mol. The van der Waals surface area contributed by atoms with Gasteiger partial charge in [0.05, 0.1) is 0 Å². The lowest BCUT2D eigenvalue weighted by atomic mass is 9.99. The summed E-state index contributed by atoms with van der Waals surface area (Å²) in [6.07, 6.45) is 0.869. The molecule has 0 aromatic heterocycles. The number of hydrogen-bond acceptors (Lipinski definition) is 2. The number of ketones is 1. The molecular weight excluding hydrogens is 270 g/mol. The number of anilines is 1. The van der Waals surface area contributed by atoms with Crippen molar-refractivity contribution in [3.63, 3.8) is 0 Å². The molecule has 0 heterocycles. The molecule has 2 N–H and O–H groups in total. The molecule has 3 aromatic carbocycles. The molecule has 0 fully saturated rings. The van der Waals surface area contributed by atoms with Gasteiger partial charge in [-0.3, -0.25) is 4.79 Å². The standard InChI is InChI=1S/C20H17NO/c21-19-8-4-7-18(14-19)20(22)17-11-9-16(10-12-17)13-15-5-2-1-3-6-15/h1-12,14H,13,21H2. The zero-order valence-electron chi connectivity index (χ0n) is 12.2. The molecule has 0 atom stereocenters. The molecule has 0 aliphatic heterocycles. The summed E-state index contributed by atoms with van der Waals surface area (Å²) in [5.74, 6) is -0.00133. The fraction of sp³-hybridized carbons (Fsp3) is 0.0500. The van der Waals surface area contributed by atoms with Crippen LogP contribution in [-0.2, 0) is 6.42 Å². The van der Waals surface area contributed by atoms with Crippen LogP contribution < -0.4 is 5.73 Å². The Morgan fingerprint density at radius 1 is 0.727 bits per heavy atom. The van der Waals surface area contributed by atoms with E-state index in [-0.39, 0.29) is 5.78 Å². The fourth-order valence-electron chi connectivity index (χ4n) is 2.45. The van der Waals surface area contributed by atoms with E-state index >= 15 is 0 Å². The average molecular weight is 287 g/mol. The molecule has 0 saturated carbocycles. The number of nitrogens with two attached hydrogens (primary N) is 1. The van der Waals surface area contributed by atoms with Crippen molar-refractivity contribution in [1.29, 1.82) is 0 Å². The summed E-state index contributed by atoms with van der Waals surface area (Å²) < 4.78 is 0. The van der Waals surface area contributed by atoms with Crippen molar-refractivity contribution < 1.29 is 4.79 Å². The molecule has 0 spiro atoms. The average Bonchev–Trinajstić information content (AvgIpc) is 2.56. The van der Waals surface area contributed by atoms with Gasteiger partial charge in [-0.1, -0.05) is 66.7 Å². The van der Waals surface area contributed by atoms with E-state index in [0.717, 1.165) is 6.42 Å². The maximum Gasteiger partial charge on any atom is 0.193 e. The van der Waals surface area contributed by atoms with Crippen LogP contribution in [0.1, 0.15) is 27.0 Å². The first-order valence-electron chi connectivity index (χ1n) is 7.25. The van der Waals surface area contributed by atoms with Crippen LogP contribution >= 0.6 is 0 Å². The maximum absolute atomic E-state index is 12.4. The third-order valence-electron chi connectivity index (χ3n) is 3.62. The molecule has 2 nitrogen and oxygen atoms in total. The van der Waals surface area contributed by atoms with E-state index in [1.807, 2.05) is 42.5 Å². The lowest BCUT2D eigenvalue weighted by molar-refractivity contribution is 0.103. The van der Waals surface area contributed by atoms with Crippen LogP contribution in [0.5, 0.6) is 0 Å². The maximum atomic E-state index is 12.4. The summed E-state index contributed by atoms with van der Waals surface area (Å²) >= 11 is 0. The quantitative estimate of drug-likeness (QED) is 0.580. The highest BCUT2D eigenvalue weighted by molar-refractivity contribution is 6.09. The minimum Gasteiger partial charge on any atom is -0.399 e. The largest absolute Gasteiger partial charge is 0.399 e. The van der Waals surface area contributed by atoms with Crippen molar-refractivity contribution in [3.8, 4) is 0 Å². The summed E-state index contributed by atoms with van der Waals surface area (Å²) in [7, 11) is 0. The summed E-state index contributed by atoms with van der Waals surface area (Å²) in [6, 6.07) is 25.1. The second-order valence-corrected chi connectivity index (χ2v) is 5.31. The number of rotatable bonds is 4. The number of carbonyl (C=O) groups is 1. The third kappa shape index (κ3) is 3.23. The van der Waals surface area contributed by atoms with Crippen molar-refractivity contribution in [2.75, 3.05) is 5.73 Å². The SMILES string of the molecule is Nc1cccc(C(=O)c2ccc(Cc3ccccc3)cc2)c1. The van der Waals surface area contributed by atoms with E-state index in [4.69, 9.17) is 5.73 Å². The van der Waals surface area contributed by atoms with Gasteiger partial charge in [0.15, 0.2) is 5.78 Å². The highest BCUT2D eigenvalue weighted by atomic mass is 16.1. The molecule has 22 heavy (non-hydrogen) atoms. The second-order valence-electron chi connectivity index (χ2n) is 5.31. The topological polar surface area (TPSA) is 43.1 Å². The van der Waals surface area contributed by atoms with Gasteiger partial charge in [-0.2, -0.15) is 0 Å². The normalized spacial score (nSPS) is 10.4. The smallest absolute Gasteiger partial charge is 0.193 e. The van der Waals surface area contributed by atoms with Crippen LogP contribution in [0.25, 0.3) is 0 Å². The summed E-state index contributed by atoms with van der Waals surface area (Å²) in [5.41, 5.74) is 10.1. The van der Waals surface area contributed by atoms with E-state index < -0.39 is 0 Å². The molecule has 3 aromatic rings. The molecule has 3 rings (SSSR count). The molecule has 0 saturated heterocycles. The molecule has 0 bridgehead atoms. The van der Waals surface area contributed by atoms with Gasteiger partial charge in [0.25, 0.3) is 0 Å². The van der Waals surface area contributed by atoms with E-state index in [0.29, 0.717) is 16.8 Å². The first kappa shape index (κ1) is 14.1. The Morgan fingerprint density at radius 3 is 2.09 bits per heavy atom. The van der Waals surface area contributed by atoms with Gasteiger partial charge >= 0.3 is 0 Å². The molecule has 0 amide bonds. The fourth-order valence-corrected chi connectivity index (χ4v) is 2.45. The molecule has 0 aliphatic carbocycles. The molecule has 0 radical (unpaired) electrons. The summed E-state index contributed by atoms with van der Waals surface area (Å²) in [6.45, 7) is 0. The van der Waals surface area contributed by atoms with Gasteiger partial charge in [-0.05, 0) is 29.7 Å². The third-order valence-corrected chi connectivity index (χ3v) is 3.62. The van der Waals surface area contributed by atoms with E-state index in [1.165, 1.54) is 11.1 Å². The van der Waals surface area contributed by atoms with Crippen molar-refractivity contribution in [3.05, 3.63) is 101 Å². The van der Waals surface area contributed by atoms with Crippen LogP contribution in [0.2, 0.25) is 0 Å². The Morgan fingerprint density at radius 2 is 1.41 bits per heavy atom. The zero-order chi connectivity index (χ0) is 15.4. The van der Waals surface area contributed by atoms with E-state index in [9.17, 15) is 4.79 Å². The Kier molecular flexibility index (Phi) is 4.01. The number of hydrogen-bond donors (Lipinski definition) is 1. The molecule has 2 heteroatoms. The van der Waals surface area contributed by atoms with Crippen LogP contribution in [0.4, 0.5) is 5.69 Å². The van der Waals surface area contributed by atoms with Crippen LogP contribution in [0.15, 0.2) is 78.9 Å². The lowest BCUT2D eigenvalue weighted by Crippen LogP contribution is -2.02. The van der Waals surface area contributed by atoms with Gasteiger partial charge < -0.3 is 5.73 Å². The molecule has 108 valence electrons. The van der Waals surface area contributed by atoms with Crippen LogP contribution in [0, 0.1) is 0 Å². The van der Waals surface area contributed by atoms with Gasteiger partial charge in [-0.25, -0.2) is 0 Å². The highest BCUT2D eigenvalue weighted by Crippen LogP contribution is 2.15. The Labute approximate surface area is 130 Å². The lowest BCUT2D eigenvalue weighted by Gasteiger charge is -2.05. The molecule has 0 unspecified atom stereocenters.